The number of nitrogens with one attached hydrogen (secondary N) is 1. The van der Waals surface area contributed by atoms with Gasteiger partial charge in [0.15, 0.2) is 11.5 Å². The Morgan fingerprint density at radius 3 is 2.65 bits per heavy atom. The predicted molar refractivity (Wildman–Crippen MR) is 70.5 cm³/mol. The van der Waals surface area contributed by atoms with Crippen molar-refractivity contribution in [2.24, 2.45) is 0 Å². The third-order valence-electron chi connectivity index (χ3n) is 2.75. The second-order valence-electron chi connectivity index (χ2n) is 3.91. The first-order chi connectivity index (χ1) is 8.10. The number of hydrogen-bond donors (Lipinski definition) is 4. The van der Waals surface area contributed by atoms with E-state index in [1.807, 2.05) is 13.2 Å². The molecule has 0 amide bonds. The van der Waals surface area contributed by atoms with Crippen LogP contribution in [-0.4, -0.2) is 39.5 Å². The van der Waals surface area contributed by atoms with Crippen molar-refractivity contribution in [3.05, 3.63) is 23.8 Å². The molecule has 17 heavy (non-hydrogen) atoms. The molecule has 0 fully saturated rings. The average Bonchev–Trinajstić information content (AvgIpc) is 2.32. The van der Waals surface area contributed by atoms with E-state index in [0.717, 1.165) is 0 Å². The van der Waals surface area contributed by atoms with Crippen molar-refractivity contribution >= 4 is 11.8 Å². The normalized spacial score (nSPS) is 14.5. The van der Waals surface area contributed by atoms with Crippen molar-refractivity contribution in [3.8, 4) is 11.5 Å². The van der Waals surface area contributed by atoms with E-state index in [4.69, 9.17) is 5.11 Å². The molecule has 96 valence electrons. The number of para-hydroxylation sites is 1. The molecule has 0 saturated carbocycles. The van der Waals surface area contributed by atoms with Gasteiger partial charge < -0.3 is 20.6 Å². The third-order valence-corrected chi connectivity index (χ3v) is 3.92. The Bertz CT molecular complexity index is 356. The summed E-state index contributed by atoms with van der Waals surface area (Å²) < 4.78 is 0. The molecule has 2 unspecified atom stereocenters. The zero-order valence-electron chi connectivity index (χ0n) is 10.1. The molecule has 0 spiro atoms. The Labute approximate surface area is 106 Å². The standard InChI is InChI=1S/C12H19NO3S/c1-8(11(7-14)17-2)13-6-9-4-3-5-10(15)12(9)16/h3-5,8,11,13-16H,6-7H2,1-2H3. The minimum atomic E-state index is -0.111. The monoisotopic (exact) mass is 257 g/mol. The Balaban J connectivity index is 2.58. The molecule has 4 nitrogen and oxygen atoms in total. The number of rotatable bonds is 6. The first-order valence-corrected chi connectivity index (χ1v) is 6.75. The largest absolute Gasteiger partial charge is 0.504 e. The fraction of sp³-hybridized carbons (Fsp3) is 0.500. The molecule has 2 atom stereocenters. The van der Waals surface area contributed by atoms with E-state index < -0.39 is 0 Å². The molecule has 0 heterocycles. The molecule has 0 radical (unpaired) electrons. The van der Waals surface area contributed by atoms with Gasteiger partial charge in [-0.25, -0.2) is 0 Å². The quantitative estimate of drug-likeness (QED) is 0.578. The molecular weight excluding hydrogens is 238 g/mol. The van der Waals surface area contributed by atoms with Crippen molar-refractivity contribution in [2.45, 2.75) is 24.8 Å². The second-order valence-corrected chi connectivity index (χ2v) is 4.99. The maximum Gasteiger partial charge on any atom is 0.161 e. The maximum absolute atomic E-state index is 9.62. The molecule has 5 heteroatoms. The van der Waals surface area contributed by atoms with Crippen LogP contribution in [0.15, 0.2) is 18.2 Å². The number of phenols is 2. The van der Waals surface area contributed by atoms with Gasteiger partial charge in [-0.15, -0.1) is 0 Å². The fourth-order valence-corrected chi connectivity index (χ4v) is 2.21. The summed E-state index contributed by atoms with van der Waals surface area (Å²) in [6, 6.07) is 5.01. The SMILES string of the molecule is CSC(CO)C(C)NCc1cccc(O)c1O. The summed E-state index contributed by atoms with van der Waals surface area (Å²) in [5.74, 6) is -0.197. The molecule has 4 N–H and O–H groups in total. The van der Waals surface area contributed by atoms with Crippen LogP contribution >= 0.6 is 11.8 Å². The lowest BCUT2D eigenvalue weighted by atomic mass is 10.1. The van der Waals surface area contributed by atoms with Crippen molar-refractivity contribution in [2.75, 3.05) is 12.9 Å². The first-order valence-electron chi connectivity index (χ1n) is 5.47. The van der Waals surface area contributed by atoms with E-state index in [9.17, 15) is 10.2 Å². The fourth-order valence-electron chi connectivity index (χ4n) is 1.56. The zero-order valence-corrected chi connectivity index (χ0v) is 10.9. The highest BCUT2D eigenvalue weighted by Gasteiger charge is 2.15. The number of phenolic OH excluding ortho intramolecular Hbond substituents is 2. The van der Waals surface area contributed by atoms with Gasteiger partial charge in [-0.3, -0.25) is 0 Å². The molecule has 0 saturated heterocycles. The van der Waals surface area contributed by atoms with E-state index >= 15 is 0 Å². The van der Waals surface area contributed by atoms with Crippen molar-refractivity contribution in [1.29, 1.82) is 0 Å². The van der Waals surface area contributed by atoms with E-state index in [0.29, 0.717) is 12.1 Å². The van der Waals surface area contributed by atoms with Crippen LogP contribution in [0.2, 0.25) is 0 Å². The summed E-state index contributed by atoms with van der Waals surface area (Å²) in [6.07, 6.45) is 1.95. The van der Waals surface area contributed by atoms with Crippen LogP contribution in [0.25, 0.3) is 0 Å². The van der Waals surface area contributed by atoms with Crippen LogP contribution in [0.4, 0.5) is 0 Å². The summed E-state index contributed by atoms with van der Waals surface area (Å²) in [7, 11) is 0. The summed E-state index contributed by atoms with van der Waals surface area (Å²) >= 11 is 1.60. The molecule has 1 aromatic carbocycles. The Morgan fingerprint density at radius 1 is 1.35 bits per heavy atom. The highest BCUT2D eigenvalue weighted by Crippen LogP contribution is 2.28. The minimum absolute atomic E-state index is 0.0862. The van der Waals surface area contributed by atoms with Crippen molar-refractivity contribution in [1.82, 2.24) is 5.32 Å². The molecule has 0 aromatic heterocycles. The number of aromatic hydroxyl groups is 2. The van der Waals surface area contributed by atoms with Crippen molar-refractivity contribution < 1.29 is 15.3 Å². The Kier molecular flexibility index (Phi) is 5.61. The van der Waals surface area contributed by atoms with E-state index in [1.165, 1.54) is 6.07 Å². The summed E-state index contributed by atoms with van der Waals surface area (Å²) in [4.78, 5) is 0. The number of hydrogen-bond acceptors (Lipinski definition) is 5. The van der Waals surface area contributed by atoms with Crippen molar-refractivity contribution in [3.63, 3.8) is 0 Å². The third kappa shape index (κ3) is 3.80. The van der Waals surface area contributed by atoms with Crippen LogP contribution in [0.3, 0.4) is 0 Å². The van der Waals surface area contributed by atoms with E-state index in [2.05, 4.69) is 5.32 Å². The first kappa shape index (κ1) is 14.2. The topological polar surface area (TPSA) is 72.7 Å². The lowest BCUT2D eigenvalue weighted by molar-refractivity contribution is 0.275. The van der Waals surface area contributed by atoms with Gasteiger partial charge in [-0.2, -0.15) is 11.8 Å². The van der Waals surface area contributed by atoms with Crippen LogP contribution < -0.4 is 5.32 Å². The molecule has 1 aromatic rings. The van der Waals surface area contributed by atoms with Gasteiger partial charge in [0.2, 0.25) is 0 Å². The lowest BCUT2D eigenvalue weighted by Gasteiger charge is -2.21. The summed E-state index contributed by atoms with van der Waals surface area (Å²) in [5.41, 5.74) is 0.648. The average molecular weight is 257 g/mol. The summed E-state index contributed by atoms with van der Waals surface area (Å²) in [6.45, 7) is 2.55. The zero-order chi connectivity index (χ0) is 12.8. The van der Waals surface area contributed by atoms with Crippen LogP contribution in [0.5, 0.6) is 11.5 Å². The van der Waals surface area contributed by atoms with Gasteiger partial charge >= 0.3 is 0 Å². The maximum atomic E-state index is 9.62. The molecular formula is C12H19NO3S. The predicted octanol–water partition coefficient (Wildman–Crippen LogP) is 1.30. The van der Waals surface area contributed by atoms with Gasteiger partial charge in [-0.1, -0.05) is 12.1 Å². The second kappa shape index (κ2) is 6.74. The lowest BCUT2D eigenvalue weighted by Crippen LogP contribution is -2.37. The minimum Gasteiger partial charge on any atom is -0.504 e. The molecule has 0 aliphatic heterocycles. The highest BCUT2D eigenvalue weighted by molar-refractivity contribution is 7.99. The van der Waals surface area contributed by atoms with Crippen LogP contribution in [0, 0.1) is 0 Å². The smallest absolute Gasteiger partial charge is 0.161 e. The Morgan fingerprint density at radius 2 is 2.06 bits per heavy atom. The van der Waals surface area contributed by atoms with Gasteiger partial charge in [0.1, 0.15) is 0 Å². The van der Waals surface area contributed by atoms with Crippen LogP contribution in [-0.2, 0) is 6.54 Å². The summed E-state index contributed by atoms with van der Waals surface area (Å²) in [5, 5.41) is 31.4. The van der Waals surface area contributed by atoms with Gasteiger partial charge in [-0.05, 0) is 19.2 Å². The number of benzene rings is 1. The van der Waals surface area contributed by atoms with Gasteiger partial charge in [0, 0.05) is 23.4 Å². The molecule has 0 bridgehead atoms. The number of thioether (sulfide) groups is 1. The molecule has 0 aliphatic rings. The number of aliphatic hydroxyl groups is 1. The van der Waals surface area contributed by atoms with Gasteiger partial charge in [0.05, 0.1) is 6.61 Å². The number of aliphatic hydroxyl groups excluding tert-OH is 1. The molecule has 1 rings (SSSR count). The van der Waals surface area contributed by atoms with E-state index in [-0.39, 0.29) is 29.4 Å². The van der Waals surface area contributed by atoms with Gasteiger partial charge in [0.25, 0.3) is 0 Å². The highest BCUT2D eigenvalue weighted by atomic mass is 32.2. The Hall–Kier alpha value is -0.910. The molecule has 0 aliphatic carbocycles. The van der Waals surface area contributed by atoms with E-state index in [1.54, 1.807) is 23.9 Å². The van der Waals surface area contributed by atoms with Crippen LogP contribution in [0.1, 0.15) is 12.5 Å².